The third-order valence-corrected chi connectivity index (χ3v) is 3.78. The fraction of sp³-hybridized carbons (Fsp3) is 0.375. The summed E-state index contributed by atoms with van der Waals surface area (Å²) < 4.78 is 19.3. The van der Waals surface area contributed by atoms with E-state index >= 15 is 0 Å². The number of hydrogen-bond donors (Lipinski definition) is 1. The molecular formula is C16H20FNOS. The van der Waals surface area contributed by atoms with Crippen LogP contribution in [0.5, 0.6) is 0 Å². The topological polar surface area (TPSA) is 21.3 Å². The Bertz CT molecular complexity index is 525. The van der Waals surface area contributed by atoms with Crippen LogP contribution in [-0.2, 0) is 11.3 Å². The molecule has 1 aromatic heterocycles. The summed E-state index contributed by atoms with van der Waals surface area (Å²) in [6, 6.07) is 9.15. The molecule has 0 bridgehead atoms. The summed E-state index contributed by atoms with van der Waals surface area (Å²) in [4.78, 5) is 0.965. The Kier molecular flexibility index (Phi) is 5.71. The summed E-state index contributed by atoms with van der Waals surface area (Å²) in [6.07, 6.45) is 0.257. The molecule has 20 heavy (non-hydrogen) atoms. The number of nitrogens with one attached hydrogen (secondary N) is 1. The van der Waals surface area contributed by atoms with Gasteiger partial charge in [-0.25, -0.2) is 4.39 Å². The van der Waals surface area contributed by atoms with Gasteiger partial charge < -0.3 is 10.1 Å². The van der Waals surface area contributed by atoms with Gasteiger partial charge in [-0.05, 0) is 43.0 Å². The van der Waals surface area contributed by atoms with E-state index in [0.717, 1.165) is 23.5 Å². The first-order valence-corrected chi connectivity index (χ1v) is 7.69. The normalized spacial score (nSPS) is 11.2. The highest BCUT2D eigenvalue weighted by Crippen LogP contribution is 2.28. The van der Waals surface area contributed by atoms with Gasteiger partial charge in [0.15, 0.2) is 0 Å². The first kappa shape index (κ1) is 15.2. The molecule has 0 radical (unpaired) electrons. The molecule has 0 atom stereocenters. The van der Waals surface area contributed by atoms with E-state index in [2.05, 4.69) is 5.32 Å². The molecule has 1 aromatic carbocycles. The van der Waals surface area contributed by atoms with Crippen LogP contribution < -0.4 is 5.32 Å². The fourth-order valence-electron chi connectivity index (χ4n) is 1.90. The minimum absolute atomic E-state index is 0.167. The fourth-order valence-corrected chi connectivity index (χ4v) is 2.65. The lowest BCUT2D eigenvalue weighted by Gasteiger charge is -2.09. The monoisotopic (exact) mass is 293 g/mol. The zero-order valence-corrected chi connectivity index (χ0v) is 12.7. The zero-order valence-electron chi connectivity index (χ0n) is 11.9. The molecule has 1 heterocycles. The van der Waals surface area contributed by atoms with Crippen molar-refractivity contribution >= 4 is 11.3 Å². The third kappa shape index (κ3) is 4.40. The lowest BCUT2D eigenvalue weighted by molar-refractivity contribution is 0.0807. The first-order valence-electron chi connectivity index (χ1n) is 6.81. The van der Waals surface area contributed by atoms with Crippen LogP contribution in [0.25, 0.3) is 10.4 Å². The maximum absolute atomic E-state index is 13.8. The van der Waals surface area contributed by atoms with Crippen molar-refractivity contribution in [2.75, 3.05) is 13.2 Å². The molecule has 0 spiro atoms. The van der Waals surface area contributed by atoms with Crippen LogP contribution in [0.2, 0.25) is 0 Å². The maximum Gasteiger partial charge on any atom is 0.131 e. The van der Waals surface area contributed by atoms with Crippen molar-refractivity contribution in [3.63, 3.8) is 0 Å². The van der Waals surface area contributed by atoms with Gasteiger partial charge in [-0.2, -0.15) is 0 Å². The highest BCUT2D eigenvalue weighted by Gasteiger charge is 2.07. The molecule has 108 valence electrons. The number of halogens is 1. The smallest absolute Gasteiger partial charge is 0.131 e. The average Bonchev–Trinajstić information content (AvgIpc) is 2.93. The van der Waals surface area contributed by atoms with Gasteiger partial charge in [0.1, 0.15) is 5.82 Å². The van der Waals surface area contributed by atoms with Crippen molar-refractivity contribution in [2.24, 2.45) is 0 Å². The molecule has 0 amide bonds. The van der Waals surface area contributed by atoms with Gasteiger partial charge in [-0.1, -0.05) is 12.1 Å². The van der Waals surface area contributed by atoms with Gasteiger partial charge in [0, 0.05) is 23.5 Å². The number of ether oxygens (including phenoxy) is 1. The molecule has 0 aliphatic rings. The van der Waals surface area contributed by atoms with Crippen LogP contribution in [0.3, 0.4) is 0 Å². The standard InChI is InChI=1S/C16H20FNOS/c1-12(2)19-8-7-18-11-13-5-6-15(17)14(10-13)16-4-3-9-20-16/h3-6,9-10,12,18H,7-8,11H2,1-2H3. The summed E-state index contributed by atoms with van der Waals surface area (Å²) in [5, 5.41) is 5.27. The van der Waals surface area contributed by atoms with E-state index in [-0.39, 0.29) is 11.9 Å². The quantitative estimate of drug-likeness (QED) is 0.777. The molecule has 0 fully saturated rings. The summed E-state index contributed by atoms with van der Waals surface area (Å²) >= 11 is 1.55. The van der Waals surface area contributed by atoms with Crippen molar-refractivity contribution in [3.8, 4) is 10.4 Å². The molecule has 1 N–H and O–H groups in total. The van der Waals surface area contributed by atoms with Crippen molar-refractivity contribution in [2.45, 2.75) is 26.5 Å². The molecule has 0 saturated carbocycles. The van der Waals surface area contributed by atoms with E-state index in [4.69, 9.17) is 4.74 Å². The van der Waals surface area contributed by atoms with Crippen LogP contribution in [0.4, 0.5) is 4.39 Å². The molecule has 0 saturated heterocycles. The Morgan fingerprint density at radius 3 is 2.85 bits per heavy atom. The molecule has 0 aliphatic carbocycles. The van der Waals surface area contributed by atoms with E-state index in [0.29, 0.717) is 12.2 Å². The summed E-state index contributed by atoms with van der Waals surface area (Å²) in [6.45, 7) is 6.25. The average molecular weight is 293 g/mol. The Morgan fingerprint density at radius 2 is 2.15 bits per heavy atom. The zero-order chi connectivity index (χ0) is 14.4. The second-order valence-corrected chi connectivity index (χ2v) is 5.84. The van der Waals surface area contributed by atoms with Gasteiger partial charge in [0.05, 0.1) is 12.7 Å². The van der Waals surface area contributed by atoms with Crippen LogP contribution in [0.1, 0.15) is 19.4 Å². The lowest BCUT2D eigenvalue weighted by Crippen LogP contribution is -2.21. The van der Waals surface area contributed by atoms with Crippen LogP contribution in [0.15, 0.2) is 35.7 Å². The molecule has 2 rings (SSSR count). The molecule has 0 unspecified atom stereocenters. The largest absolute Gasteiger partial charge is 0.377 e. The van der Waals surface area contributed by atoms with Gasteiger partial charge in [-0.3, -0.25) is 0 Å². The Morgan fingerprint density at radius 1 is 1.30 bits per heavy atom. The second-order valence-electron chi connectivity index (χ2n) is 4.89. The Hall–Kier alpha value is -1.23. The van der Waals surface area contributed by atoms with Crippen molar-refractivity contribution < 1.29 is 9.13 Å². The highest BCUT2D eigenvalue weighted by molar-refractivity contribution is 7.13. The predicted octanol–water partition coefficient (Wildman–Crippen LogP) is 4.07. The molecule has 0 aliphatic heterocycles. The van der Waals surface area contributed by atoms with Crippen molar-refractivity contribution in [1.82, 2.24) is 5.32 Å². The third-order valence-electron chi connectivity index (χ3n) is 2.88. The second kappa shape index (κ2) is 7.53. The van der Waals surface area contributed by atoms with Crippen LogP contribution in [-0.4, -0.2) is 19.3 Å². The van der Waals surface area contributed by atoms with E-state index in [1.807, 2.05) is 43.5 Å². The SMILES string of the molecule is CC(C)OCCNCc1ccc(F)c(-c2cccs2)c1. The van der Waals surface area contributed by atoms with Gasteiger partial charge >= 0.3 is 0 Å². The molecule has 2 nitrogen and oxygen atoms in total. The van der Waals surface area contributed by atoms with Gasteiger partial charge in [-0.15, -0.1) is 11.3 Å². The summed E-state index contributed by atoms with van der Waals surface area (Å²) in [5.74, 6) is -0.167. The highest BCUT2D eigenvalue weighted by atomic mass is 32.1. The minimum atomic E-state index is -0.167. The first-order chi connectivity index (χ1) is 9.66. The number of benzene rings is 1. The van der Waals surface area contributed by atoms with E-state index in [1.165, 1.54) is 6.07 Å². The van der Waals surface area contributed by atoms with Gasteiger partial charge in [0.25, 0.3) is 0 Å². The maximum atomic E-state index is 13.8. The predicted molar refractivity (Wildman–Crippen MR) is 82.5 cm³/mol. The summed E-state index contributed by atoms with van der Waals surface area (Å²) in [5.41, 5.74) is 1.76. The van der Waals surface area contributed by atoms with Crippen LogP contribution in [0, 0.1) is 5.82 Å². The van der Waals surface area contributed by atoms with E-state index < -0.39 is 0 Å². The molecular weight excluding hydrogens is 273 g/mol. The van der Waals surface area contributed by atoms with E-state index in [9.17, 15) is 4.39 Å². The number of rotatable bonds is 7. The minimum Gasteiger partial charge on any atom is -0.377 e. The summed E-state index contributed by atoms with van der Waals surface area (Å²) in [7, 11) is 0. The van der Waals surface area contributed by atoms with E-state index in [1.54, 1.807) is 11.3 Å². The Labute approximate surface area is 123 Å². The number of thiophene rings is 1. The lowest BCUT2D eigenvalue weighted by atomic mass is 10.1. The van der Waals surface area contributed by atoms with Crippen molar-refractivity contribution in [1.29, 1.82) is 0 Å². The molecule has 2 aromatic rings. The Balaban J connectivity index is 1.91. The van der Waals surface area contributed by atoms with Crippen LogP contribution >= 0.6 is 11.3 Å². The van der Waals surface area contributed by atoms with Gasteiger partial charge in [0.2, 0.25) is 0 Å². The number of hydrogen-bond acceptors (Lipinski definition) is 3. The van der Waals surface area contributed by atoms with Crippen molar-refractivity contribution in [3.05, 3.63) is 47.1 Å². The molecule has 4 heteroatoms.